The molecule has 100 valence electrons. The van der Waals surface area contributed by atoms with Crippen molar-refractivity contribution >= 4 is 12.2 Å². The van der Waals surface area contributed by atoms with Crippen LogP contribution in [0.2, 0.25) is 0 Å². The second-order valence-corrected chi connectivity index (χ2v) is 3.53. The van der Waals surface area contributed by atoms with Crippen LogP contribution in [0.4, 0.5) is 9.59 Å². The highest BCUT2D eigenvalue weighted by Gasteiger charge is 2.33. The number of carbonyl (C=O) groups is 2. The van der Waals surface area contributed by atoms with Crippen molar-refractivity contribution in [2.45, 2.75) is 20.0 Å². The van der Waals surface area contributed by atoms with Crippen molar-refractivity contribution in [2.75, 3.05) is 13.1 Å². The van der Waals surface area contributed by atoms with Crippen LogP contribution in [0.1, 0.15) is 25.8 Å². The molecule has 2 amide bonds. The van der Waals surface area contributed by atoms with E-state index in [2.05, 4.69) is 0 Å². The Kier molecular flexibility index (Phi) is 4.59. The average molecular weight is 256 g/mol. The summed E-state index contributed by atoms with van der Waals surface area (Å²) < 4.78 is 5.15. The fourth-order valence-electron chi connectivity index (χ4n) is 1.74. The minimum absolute atomic E-state index is 0.157. The van der Waals surface area contributed by atoms with Crippen LogP contribution in [0, 0.1) is 0 Å². The second kappa shape index (κ2) is 5.95. The first kappa shape index (κ1) is 13.9. The van der Waals surface area contributed by atoms with E-state index in [4.69, 9.17) is 14.6 Å². The van der Waals surface area contributed by atoms with Crippen LogP contribution < -0.4 is 0 Å². The maximum Gasteiger partial charge on any atom is 0.409 e. The first-order chi connectivity index (χ1) is 8.52. The summed E-state index contributed by atoms with van der Waals surface area (Å²) in [7, 11) is 0. The minimum Gasteiger partial charge on any atom is -0.465 e. The van der Waals surface area contributed by atoms with E-state index in [1.807, 2.05) is 0 Å². The van der Waals surface area contributed by atoms with E-state index in [9.17, 15) is 9.59 Å². The Balaban J connectivity index is 3.16. The molecule has 0 saturated carbocycles. The minimum atomic E-state index is -1.20. The average Bonchev–Trinajstić information content (AvgIpc) is 2.81. The maximum atomic E-state index is 11.2. The zero-order chi connectivity index (χ0) is 13.7. The highest BCUT2D eigenvalue weighted by atomic mass is 16.4. The van der Waals surface area contributed by atoms with Gasteiger partial charge >= 0.3 is 12.2 Å². The third kappa shape index (κ3) is 2.73. The molecule has 0 saturated heterocycles. The number of amides is 2. The molecule has 0 atom stereocenters. The Morgan fingerprint density at radius 3 is 2.00 bits per heavy atom. The zero-order valence-corrected chi connectivity index (χ0v) is 10.2. The molecular weight excluding hydrogens is 240 g/mol. The zero-order valence-electron chi connectivity index (χ0n) is 10.2. The van der Waals surface area contributed by atoms with Crippen LogP contribution >= 0.6 is 0 Å². The molecule has 7 heteroatoms. The van der Waals surface area contributed by atoms with Crippen molar-refractivity contribution in [3.8, 4) is 0 Å². The van der Waals surface area contributed by atoms with Crippen LogP contribution in [0.25, 0.3) is 0 Å². The summed E-state index contributed by atoms with van der Waals surface area (Å²) in [5, 5.41) is 18.3. The summed E-state index contributed by atoms with van der Waals surface area (Å²) in [5.74, 6) is 0.281. The van der Waals surface area contributed by atoms with Gasteiger partial charge in [-0.2, -0.15) is 0 Å². The van der Waals surface area contributed by atoms with E-state index in [0.29, 0.717) is 0 Å². The number of hydrogen-bond donors (Lipinski definition) is 2. The van der Waals surface area contributed by atoms with Crippen LogP contribution in [0.5, 0.6) is 0 Å². The molecule has 0 aliphatic carbocycles. The molecule has 0 fully saturated rings. The molecule has 1 aromatic rings. The number of hydrogen-bond acceptors (Lipinski definition) is 3. The van der Waals surface area contributed by atoms with Gasteiger partial charge in [0.25, 0.3) is 0 Å². The fourth-order valence-corrected chi connectivity index (χ4v) is 1.74. The van der Waals surface area contributed by atoms with Crippen molar-refractivity contribution < 1.29 is 24.2 Å². The Morgan fingerprint density at radius 1 is 1.22 bits per heavy atom. The molecule has 2 N–H and O–H groups in total. The van der Waals surface area contributed by atoms with Gasteiger partial charge in [-0.1, -0.05) is 0 Å². The Bertz CT molecular complexity index is 382. The predicted octanol–water partition coefficient (Wildman–Crippen LogP) is 2.28. The van der Waals surface area contributed by atoms with Gasteiger partial charge in [0.15, 0.2) is 6.17 Å². The lowest BCUT2D eigenvalue weighted by Gasteiger charge is -2.34. The van der Waals surface area contributed by atoms with E-state index in [0.717, 1.165) is 9.80 Å². The Morgan fingerprint density at radius 2 is 1.72 bits per heavy atom. The van der Waals surface area contributed by atoms with Crippen LogP contribution in [-0.4, -0.2) is 45.3 Å². The summed E-state index contributed by atoms with van der Waals surface area (Å²) >= 11 is 0. The Hall–Kier alpha value is -2.18. The van der Waals surface area contributed by atoms with Crippen molar-refractivity contribution in [3.05, 3.63) is 24.2 Å². The fraction of sp³-hybridized carbons (Fsp3) is 0.455. The third-order valence-corrected chi connectivity index (χ3v) is 2.56. The molecule has 0 aromatic carbocycles. The molecule has 1 rings (SSSR count). The quantitative estimate of drug-likeness (QED) is 0.788. The Labute approximate surface area is 104 Å². The molecule has 0 bridgehead atoms. The molecule has 1 heterocycles. The van der Waals surface area contributed by atoms with Crippen molar-refractivity contribution in [3.63, 3.8) is 0 Å². The number of furan rings is 1. The maximum absolute atomic E-state index is 11.2. The molecule has 0 aliphatic heterocycles. The van der Waals surface area contributed by atoms with E-state index in [1.54, 1.807) is 26.0 Å². The number of rotatable bonds is 5. The lowest BCUT2D eigenvalue weighted by atomic mass is 10.3. The molecule has 1 aromatic heterocycles. The molecule has 0 unspecified atom stereocenters. The molecule has 18 heavy (non-hydrogen) atoms. The standard InChI is InChI=1S/C11H16N2O5/c1-3-12(10(14)15)9(8-6-5-7-18-8)13(4-2)11(16)17/h5-7,9H,3-4H2,1-2H3,(H,14,15)(H,16,17). The summed E-state index contributed by atoms with van der Waals surface area (Å²) in [4.78, 5) is 24.4. The van der Waals surface area contributed by atoms with Gasteiger partial charge in [-0.15, -0.1) is 0 Å². The number of nitrogens with zero attached hydrogens (tertiary/aromatic N) is 2. The highest BCUT2D eigenvalue weighted by Crippen LogP contribution is 2.25. The highest BCUT2D eigenvalue weighted by molar-refractivity contribution is 5.69. The van der Waals surface area contributed by atoms with Gasteiger partial charge in [0.1, 0.15) is 5.76 Å². The predicted molar refractivity (Wildman–Crippen MR) is 62.3 cm³/mol. The van der Waals surface area contributed by atoms with E-state index >= 15 is 0 Å². The monoisotopic (exact) mass is 256 g/mol. The first-order valence-corrected chi connectivity index (χ1v) is 5.55. The molecule has 7 nitrogen and oxygen atoms in total. The van der Waals surface area contributed by atoms with Gasteiger partial charge in [-0.05, 0) is 26.0 Å². The van der Waals surface area contributed by atoms with E-state index in [-0.39, 0.29) is 18.8 Å². The molecule has 0 aliphatic rings. The van der Waals surface area contributed by atoms with Gasteiger partial charge in [-0.3, -0.25) is 9.80 Å². The second-order valence-electron chi connectivity index (χ2n) is 3.53. The van der Waals surface area contributed by atoms with Gasteiger partial charge in [0.05, 0.1) is 6.26 Å². The van der Waals surface area contributed by atoms with Crippen LogP contribution in [0.15, 0.2) is 22.8 Å². The summed E-state index contributed by atoms with van der Waals surface area (Å²) in [5.41, 5.74) is 0. The molecular formula is C11H16N2O5. The molecule has 0 spiro atoms. The summed E-state index contributed by atoms with van der Waals surface area (Å²) in [6.07, 6.45) is -1.98. The first-order valence-electron chi connectivity index (χ1n) is 5.55. The third-order valence-electron chi connectivity index (χ3n) is 2.56. The largest absolute Gasteiger partial charge is 0.465 e. The topological polar surface area (TPSA) is 94.2 Å². The van der Waals surface area contributed by atoms with Gasteiger partial charge in [-0.25, -0.2) is 9.59 Å². The molecule has 0 radical (unpaired) electrons. The van der Waals surface area contributed by atoms with Crippen molar-refractivity contribution in [1.82, 2.24) is 9.80 Å². The van der Waals surface area contributed by atoms with Crippen molar-refractivity contribution in [2.24, 2.45) is 0 Å². The summed E-state index contributed by atoms with van der Waals surface area (Å²) in [6, 6.07) is 3.15. The lowest BCUT2D eigenvalue weighted by Crippen LogP contribution is -2.46. The van der Waals surface area contributed by atoms with Gasteiger partial charge in [0.2, 0.25) is 0 Å². The SMILES string of the molecule is CCN(C(=O)O)C(c1ccco1)N(CC)C(=O)O. The number of carboxylic acid groups (broad SMARTS) is 2. The van der Waals surface area contributed by atoms with Gasteiger partial charge < -0.3 is 14.6 Å². The van der Waals surface area contributed by atoms with Crippen molar-refractivity contribution in [1.29, 1.82) is 0 Å². The van der Waals surface area contributed by atoms with E-state index in [1.165, 1.54) is 6.26 Å². The van der Waals surface area contributed by atoms with Crippen LogP contribution in [0.3, 0.4) is 0 Å². The lowest BCUT2D eigenvalue weighted by molar-refractivity contribution is 0.0377. The van der Waals surface area contributed by atoms with Crippen LogP contribution in [-0.2, 0) is 0 Å². The summed E-state index contributed by atoms with van der Waals surface area (Å²) in [6.45, 7) is 3.59. The smallest absolute Gasteiger partial charge is 0.409 e. The van der Waals surface area contributed by atoms with E-state index < -0.39 is 18.4 Å². The normalized spacial score (nSPS) is 10.4. The van der Waals surface area contributed by atoms with Gasteiger partial charge in [0, 0.05) is 13.1 Å².